The van der Waals surface area contributed by atoms with Crippen molar-refractivity contribution in [3.8, 4) is 0 Å². The standard InChI is InChI=1S/C17H19NO3/c1-10(11-5-3-2-4-6-11)18-16(19)14-12-7-8-13(9-12)15(14)17(20)21/h2-8,10,12-15H,9H2,1H3,(H,18,19)(H,20,21)/t10-,12+,13-,14-,15-/m0/s1. The summed E-state index contributed by atoms with van der Waals surface area (Å²) in [5.74, 6) is -1.95. The van der Waals surface area contributed by atoms with Crippen molar-refractivity contribution in [1.82, 2.24) is 5.32 Å². The van der Waals surface area contributed by atoms with Crippen LogP contribution in [0.5, 0.6) is 0 Å². The first-order valence-electron chi connectivity index (χ1n) is 7.34. The highest BCUT2D eigenvalue weighted by atomic mass is 16.4. The van der Waals surface area contributed by atoms with Gasteiger partial charge in [0.2, 0.25) is 5.91 Å². The van der Waals surface area contributed by atoms with Crippen LogP contribution in [0.25, 0.3) is 0 Å². The van der Waals surface area contributed by atoms with Crippen LogP contribution in [0.15, 0.2) is 42.5 Å². The number of hydrogen-bond acceptors (Lipinski definition) is 2. The zero-order valence-corrected chi connectivity index (χ0v) is 11.9. The number of fused-ring (bicyclic) bond motifs is 2. The summed E-state index contributed by atoms with van der Waals surface area (Å²) in [4.78, 5) is 24.0. The van der Waals surface area contributed by atoms with Crippen molar-refractivity contribution in [2.75, 3.05) is 0 Å². The highest BCUT2D eigenvalue weighted by molar-refractivity contribution is 5.87. The lowest BCUT2D eigenvalue weighted by Crippen LogP contribution is -2.41. The van der Waals surface area contributed by atoms with Crippen LogP contribution in [0.2, 0.25) is 0 Å². The minimum atomic E-state index is -0.862. The predicted octanol–water partition coefficient (Wildman–Crippen LogP) is 2.39. The summed E-state index contributed by atoms with van der Waals surface area (Å²) >= 11 is 0. The smallest absolute Gasteiger partial charge is 0.307 e. The van der Waals surface area contributed by atoms with E-state index >= 15 is 0 Å². The first-order chi connectivity index (χ1) is 10.1. The van der Waals surface area contributed by atoms with Crippen LogP contribution < -0.4 is 5.32 Å². The summed E-state index contributed by atoms with van der Waals surface area (Å²) in [5, 5.41) is 12.4. The van der Waals surface area contributed by atoms with Crippen molar-refractivity contribution in [2.24, 2.45) is 23.7 Å². The van der Waals surface area contributed by atoms with E-state index in [1.807, 2.05) is 49.4 Å². The van der Waals surface area contributed by atoms with Gasteiger partial charge in [0.25, 0.3) is 0 Å². The molecule has 3 rings (SSSR count). The molecule has 0 heterocycles. The number of carbonyl (C=O) groups excluding carboxylic acids is 1. The van der Waals surface area contributed by atoms with E-state index in [1.54, 1.807) is 0 Å². The number of carboxylic acids is 1. The van der Waals surface area contributed by atoms with Crippen LogP contribution in [0.3, 0.4) is 0 Å². The molecule has 4 nitrogen and oxygen atoms in total. The van der Waals surface area contributed by atoms with E-state index in [1.165, 1.54) is 0 Å². The van der Waals surface area contributed by atoms with Crippen LogP contribution in [-0.4, -0.2) is 17.0 Å². The Morgan fingerprint density at radius 1 is 1.14 bits per heavy atom. The third kappa shape index (κ3) is 2.46. The van der Waals surface area contributed by atoms with Gasteiger partial charge in [-0.25, -0.2) is 0 Å². The predicted molar refractivity (Wildman–Crippen MR) is 78.4 cm³/mol. The fourth-order valence-corrected chi connectivity index (χ4v) is 3.65. The molecule has 0 radical (unpaired) electrons. The highest BCUT2D eigenvalue weighted by Crippen LogP contribution is 2.48. The Kier molecular flexibility index (Phi) is 3.53. The zero-order chi connectivity index (χ0) is 15.0. The molecule has 1 aromatic carbocycles. The van der Waals surface area contributed by atoms with Crippen molar-refractivity contribution in [2.45, 2.75) is 19.4 Å². The summed E-state index contributed by atoms with van der Waals surface area (Å²) in [7, 11) is 0. The topological polar surface area (TPSA) is 66.4 Å². The molecule has 1 aromatic rings. The van der Waals surface area contributed by atoms with E-state index < -0.39 is 17.8 Å². The van der Waals surface area contributed by atoms with Gasteiger partial charge in [0.15, 0.2) is 0 Å². The summed E-state index contributed by atoms with van der Waals surface area (Å²) in [6.45, 7) is 1.92. The molecule has 0 unspecified atom stereocenters. The third-order valence-corrected chi connectivity index (χ3v) is 4.71. The van der Waals surface area contributed by atoms with E-state index in [-0.39, 0.29) is 23.8 Å². The molecule has 2 N–H and O–H groups in total. The maximum absolute atomic E-state index is 12.5. The molecular formula is C17H19NO3. The van der Waals surface area contributed by atoms with Crippen LogP contribution in [0.4, 0.5) is 0 Å². The van der Waals surface area contributed by atoms with Gasteiger partial charge in [-0.3, -0.25) is 9.59 Å². The van der Waals surface area contributed by atoms with E-state index in [0.717, 1.165) is 12.0 Å². The molecule has 1 fully saturated rings. The van der Waals surface area contributed by atoms with Crippen molar-refractivity contribution >= 4 is 11.9 Å². The molecule has 0 spiro atoms. The Hall–Kier alpha value is -2.10. The molecule has 1 amide bonds. The third-order valence-electron chi connectivity index (χ3n) is 4.71. The fourth-order valence-electron chi connectivity index (χ4n) is 3.65. The van der Waals surface area contributed by atoms with Gasteiger partial charge >= 0.3 is 5.97 Å². The van der Waals surface area contributed by atoms with Crippen LogP contribution >= 0.6 is 0 Å². The number of nitrogens with one attached hydrogen (secondary N) is 1. The lowest BCUT2D eigenvalue weighted by Gasteiger charge is -2.25. The average Bonchev–Trinajstić information content (AvgIpc) is 3.08. The summed E-state index contributed by atoms with van der Waals surface area (Å²) in [5.41, 5.74) is 1.02. The zero-order valence-electron chi connectivity index (χ0n) is 11.9. The monoisotopic (exact) mass is 285 g/mol. The molecule has 2 aliphatic rings. The molecule has 21 heavy (non-hydrogen) atoms. The number of rotatable bonds is 4. The Bertz CT molecular complexity index is 581. The van der Waals surface area contributed by atoms with E-state index in [9.17, 15) is 14.7 Å². The van der Waals surface area contributed by atoms with Gasteiger partial charge in [-0.15, -0.1) is 0 Å². The number of allylic oxidation sites excluding steroid dienone is 2. The molecule has 0 saturated heterocycles. The van der Waals surface area contributed by atoms with Gasteiger partial charge in [0.1, 0.15) is 0 Å². The fraction of sp³-hybridized carbons (Fsp3) is 0.412. The second kappa shape index (κ2) is 5.35. The second-order valence-corrected chi connectivity index (χ2v) is 5.98. The first kappa shape index (κ1) is 13.9. The number of aliphatic carboxylic acids is 1. The van der Waals surface area contributed by atoms with Gasteiger partial charge in [-0.05, 0) is 30.7 Å². The average molecular weight is 285 g/mol. The summed E-state index contributed by atoms with van der Waals surface area (Å²) < 4.78 is 0. The molecule has 2 aliphatic carbocycles. The molecule has 110 valence electrons. The number of hydrogen-bond donors (Lipinski definition) is 2. The number of amides is 1. The molecule has 1 saturated carbocycles. The molecular weight excluding hydrogens is 266 g/mol. The number of carbonyl (C=O) groups is 2. The van der Waals surface area contributed by atoms with Gasteiger partial charge in [-0.1, -0.05) is 42.5 Å². The molecule has 0 aliphatic heterocycles. The highest BCUT2D eigenvalue weighted by Gasteiger charge is 2.51. The number of carboxylic acid groups (broad SMARTS) is 1. The lowest BCUT2D eigenvalue weighted by atomic mass is 9.82. The van der Waals surface area contributed by atoms with Gasteiger partial charge in [-0.2, -0.15) is 0 Å². The summed E-state index contributed by atoms with van der Waals surface area (Å²) in [6, 6.07) is 9.59. The Morgan fingerprint density at radius 2 is 1.76 bits per heavy atom. The molecule has 4 heteroatoms. The van der Waals surface area contributed by atoms with Crippen LogP contribution in [0.1, 0.15) is 24.9 Å². The van der Waals surface area contributed by atoms with Gasteiger partial charge in [0.05, 0.1) is 17.9 Å². The normalized spacial score (nSPS) is 31.1. The Balaban J connectivity index is 1.73. The van der Waals surface area contributed by atoms with E-state index in [4.69, 9.17) is 0 Å². The summed E-state index contributed by atoms with van der Waals surface area (Å²) in [6.07, 6.45) is 4.74. The van der Waals surface area contributed by atoms with E-state index in [0.29, 0.717) is 0 Å². The SMILES string of the molecule is C[C@H](NC(=O)[C@@H]1[C@@H](C(=O)O)[C@H]2C=C[C@@H]1C2)c1ccccc1. The Labute approximate surface area is 123 Å². The number of benzene rings is 1. The van der Waals surface area contributed by atoms with Gasteiger partial charge < -0.3 is 10.4 Å². The van der Waals surface area contributed by atoms with Crippen molar-refractivity contribution in [1.29, 1.82) is 0 Å². The molecule has 2 bridgehead atoms. The maximum Gasteiger partial charge on any atom is 0.307 e. The first-order valence-corrected chi connectivity index (χ1v) is 7.34. The second-order valence-electron chi connectivity index (χ2n) is 5.98. The van der Waals surface area contributed by atoms with Crippen molar-refractivity contribution in [3.63, 3.8) is 0 Å². The van der Waals surface area contributed by atoms with Crippen LogP contribution in [-0.2, 0) is 9.59 Å². The molecule has 5 atom stereocenters. The quantitative estimate of drug-likeness (QED) is 0.835. The largest absolute Gasteiger partial charge is 0.481 e. The lowest BCUT2D eigenvalue weighted by molar-refractivity contribution is -0.148. The van der Waals surface area contributed by atoms with Crippen LogP contribution in [0, 0.1) is 23.7 Å². The van der Waals surface area contributed by atoms with Crippen molar-refractivity contribution < 1.29 is 14.7 Å². The Morgan fingerprint density at radius 3 is 2.38 bits per heavy atom. The van der Waals surface area contributed by atoms with Crippen molar-refractivity contribution in [3.05, 3.63) is 48.0 Å². The van der Waals surface area contributed by atoms with E-state index in [2.05, 4.69) is 5.32 Å². The maximum atomic E-state index is 12.5. The molecule has 0 aromatic heterocycles. The minimum absolute atomic E-state index is 0.00952. The minimum Gasteiger partial charge on any atom is -0.481 e. The van der Waals surface area contributed by atoms with Gasteiger partial charge in [0, 0.05) is 0 Å².